The minimum atomic E-state index is -0.879. The summed E-state index contributed by atoms with van der Waals surface area (Å²) in [7, 11) is 0. The molecule has 136 valence electrons. The zero-order valence-corrected chi connectivity index (χ0v) is 16.0. The molecule has 0 atom stereocenters. The first-order chi connectivity index (χ1) is 12.4. The summed E-state index contributed by atoms with van der Waals surface area (Å²) in [5.41, 5.74) is 11.4. The van der Waals surface area contributed by atoms with Gasteiger partial charge in [-0.3, -0.25) is 0 Å². The molecule has 3 nitrogen and oxygen atoms in total. The molecule has 0 spiro atoms. The van der Waals surface area contributed by atoms with E-state index in [1.165, 1.54) is 0 Å². The predicted molar refractivity (Wildman–Crippen MR) is 107 cm³/mol. The molecule has 0 bridgehead atoms. The van der Waals surface area contributed by atoms with E-state index in [0.717, 1.165) is 39.3 Å². The summed E-state index contributed by atoms with van der Waals surface area (Å²) in [6.45, 7) is 8.74. The van der Waals surface area contributed by atoms with E-state index in [1.807, 2.05) is 26.0 Å². The van der Waals surface area contributed by atoms with Crippen molar-refractivity contribution in [2.45, 2.75) is 39.9 Å². The van der Waals surface area contributed by atoms with Crippen LogP contribution in [-0.4, -0.2) is 12.3 Å². The number of benzene rings is 2. The number of rotatable bonds is 5. The second kappa shape index (κ2) is 7.38. The summed E-state index contributed by atoms with van der Waals surface area (Å²) in [4.78, 5) is 0. The van der Waals surface area contributed by atoms with E-state index in [2.05, 4.69) is 56.3 Å². The zero-order valence-electron chi connectivity index (χ0n) is 16.0. The maximum atomic E-state index is 6.45. The minimum Gasteiger partial charge on any atom is -0.448 e. The van der Waals surface area contributed by atoms with E-state index in [4.69, 9.17) is 15.2 Å². The predicted octanol–water partition coefficient (Wildman–Crippen LogP) is 4.92. The van der Waals surface area contributed by atoms with Crippen LogP contribution >= 0.6 is 0 Å². The van der Waals surface area contributed by atoms with Crippen LogP contribution in [-0.2, 0) is 0 Å². The summed E-state index contributed by atoms with van der Waals surface area (Å²) in [6.07, 6.45) is 6.69. The standard InChI is InChI=1S/C23H27NO2/c1-16-5-7-18(3)21(13-16)25-23(11-9-20(15-24)10-12-23)26-22-14-17(2)6-8-19(22)4/h5-11,13-14H,12,15,24H2,1-4H3. The third kappa shape index (κ3) is 4.00. The van der Waals surface area contributed by atoms with E-state index in [0.29, 0.717) is 13.0 Å². The topological polar surface area (TPSA) is 44.5 Å². The molecule has 2 aromatic carbocycles. The summed E-state index contributed by atoms with van der Waals surface area (Å²) in [5, 5.41) is 0. The van der Waals surface area contributed by atoms with Crippen LogP contribution in [0.15, 0.2) is 60.2 Å². The van der Waals surface area contributed by atoms with Gasteiger partial charge in [0.2, 0.25) is 0 Å². The quantitative estimate of drug-likeness (QED) is 0.779. The molecule has 26 heavy (non-hydrogen) atoms. The van der Waals surface area contributed by atoms with Crippen molar-refractivity contribution in [2.24, 2.45) is 5.73 Å². The molecule has 0 saturated heterocycles. The Balaban J connectivity index is 1.98. The lowest BCUT2D eigenvalue weighted by molar-refractivity contribution is -0.0699. The highest BCUT2D eigenvalue weighted by Gasteiger charge is 2.34. The van der Waals surface area contributed by atoms with Crippen molar-refractivity contribution in [3.05, 3.63) is 82.5 Å². The number of nitrogens with two attached hydrogens (primary N) is 1. The molecular formula is C23H27NO2. The number of hydrogen-bond donors (Lipinski definition) is 1. The highest BCUT2D eigenvalue weighted by atomic mass is 16.7. The van der Waals surface area contributed by atoms with Crippen LogP contribution < -0.4 is 15.2 Å². The van der Waals surface area contributed by atoms with Crippen molar-refractivity contribution in [3.63, 3.8) is 0 Å². The molecule has 0 saturated carbocycles. The fraction of sp³-hybridized carbons (Fsp3) is 0.304. The molecule has 0 amide bonds. The van der Waals surface area contributed by atoms with Crippen molar-refractivity contribution in [2.75, 3.05) is 6.54 Å². The molecule has 0 fully saturated rings. The minimum absolute atomic E-state index is 0.513. The van der Waals surface area contributed by atoms with Gasteiger partial charge >= 0.3 is 0 Å². The molecule has 0 heterocycles. The maximum absolute atomic E-state index is 6.45. The molecule has 2 aromatic rings. The van der Waals surface area contributed by atoms with Gasteiger partial charge in [0.05, 0.1) is 0 Å². The van der Waals surface area contributed by atoms with Gasteiger partial charge in [-0.1, -0.05) is 36.4 Å². The smallest absolute Gasteiger partial charge is 0.274 e. The Kier molecular flexibility index (Phi) is 5.19. The lowest BCUT2D eigenvalue weighted by Crippen LogP contribution is -2.41. The fourth-order valence-corrected chi connectivity index (χ4v) is 2.97. The van der Waals surface area contributed by atoms with E-state index >= 15 is 0 Å². The maximum Gasteiger partial charge on any atom is 0.274 e. The van der Waals surface area contributed by atoms with Crippen LogP contribution in [0, 0.1) is 27.7 Å². The van der Waals surface area contributed by atoms with Gasteiger partial charge in [0.1, 0.15) is 11.5 Å². The lowest BCUT2D eigenvalue weighted by Gasteiger charge is -2.34. The number of ether oxygens (including phenoxy) is 2. The van der Waals surface area contributed by atoms with Crippen LogP contribution in [0.2, 0.25) is 0 Å². The van der Waals surface area contributed by atoms with Crippen molar-refractivity contribution in [1.82, 2.24) is 0 Å². The summed E-state index contributed by atoms with van der Waals surface area (Å²) >= 11 is 0. The second-order valence-corrected chi connectivity index (χ2v) is 7.07. The molecule has 0 radical (unpaired) electrons. The Morgan fingerprint density at radius 3 is 1.85 bits per heavy atom. The van der Waals surface area contributed by atoms with Gasteiger partial charge in [-0.2, -0.15) is 0 Å². The molecular weight excluding hydrogens is 322 g/mol. The van der Waals surface area contributed by atoms with E-state index in [-0.39, 0.29) is 0 Å². The summed E-state index contributed by atoms with van der Waals surface area (Å²) < 4.78 is 12.9. The summed E-state index contributed by atoms with van der Waals surface area (Å²) in [6, 6.07) is 12.4. The van der Waals surface area contributed by atoms with E-state index in [9.17, 15) is 0 Å². The highest BCUT2D eigenvalue weighted by molar-refractivity contribution is 5.40. The lowest BCUT2D eigenvalue weighted by atomic mass is 10.0. The molecule has 0 aromatic heterocycles. The highest BCUT2D eigenvalue weighted by Crippen LogP contribution is 2.34. The number of aryl methyl sites for hydroxylation is 4. The van der Waals surface area contributed by atoms with Crippen molar-refractivity contribution in [1.29, 1.82) is 0 Å². The van der Waals surface area contributed by atoms with Gasteiger partial charge in [0.25, 0.3) is 5.79 Å². The second-order valence-electron chi connectivity index (χ2n) is 7.07. The van der Waals surface area contributed by atoms with Crippen molar-refractivity contribution >= 4 is 0 Å². The van der Waals surface area contributed by atoms with Crippen LogP contribution in [0.25, 0.3) is 0 Å². The van der Waals surface area contributed by atoms with Gasteiger partial charge in [-0.05, 0) is 67.7 Å². The molecule has 3 heteroatoms. The average molecular weight is 349 g/mol. The van der Waals surface area contributed by atoms with E-state index in [1.54, 1.807) is 0 Å². The van der Waals surface area contributed by atoms with Gasteiger partial charge in [-0.15, -0.1) is 0 Å². The normalized spacial score (nSPS) is 15.5. The van der Waals surface area contributed by atoms with E-state index < -0.39 is 5.79 Å². The Morgan fingerprint density at radius 2 is 1.42 bits per heavy atom. The van der Waals surface area contributed by atoms with Gasteiger partial charge < -0.3 is 15.2 Å². The Labute approximate surface area is 156 Å². The molecule has 2 N–H and O–H groups in total. The van der Waals surface area contributed by atoms with Gasteiger partial charge in [-0.25, -0.2) is 0 Å². The van der Waals surface area contributed by atoms with Crippen LogP contribution in [0.5, 0.6) is 11.5 Å². The first kappa shape index (κ1) is 18.3. The average Bonchev–Trinajstić information content (AvgIpc) is 2.62. The first-order valence-electron chi connectivity index (χ1n) is 9.02. The third-order valence-electron chi connectivity index (χ3n) is 4.69. The van der Waals surface area contributed by atoms with Crippen molar-refractivity contribution in [3.8, 4) is 11.5 Å². The first-order valence-corrected chi connectivity index (χ1v) is 9.02. The SMILES string of the molecule is Cc1ccc(C)c(OC2(Oc3cc(C)ccc3C)C=CC(CN)=CC2)c1. The Bertz CT molecular complexity index is 811. The number of hydrogen-bond acceptors (Lipinski definition) is 3. The molecule has 0 unspecified atom stereocenters. The van der Waals surface area contributed by atoms with Crippen LogP contribution in [0.4, 0.5) is 0 Å². The molecule has 3 rings (SSSR count). The van der Waals surface area contributed by atoms with Gasteiger partial charge in [0, 0.05) is 19.0 Å². The van der Waals surface area contributed by atoms with Crippen LogP contribution in [0.3, 0.4) is 0 Å². The monoisotopic (exact) mass is 349 g/mol. The zero-order chi connectivity index (χ0) is 18.7. The van der Waals surface area contributed by atoms with Crippen LogP contribution in [0.1, 0.15) is 28.7 Å². The van der Waals surface area contributed by atoms with Crippen molar-refractivity contribution < 1.29 is 9.47 Å². The molecule has 0 aliphatic heterocycles. The van der Waals surface area contributed by atoms with Gasteiger partial charge in [0.15, 0.2) is 0 Å². The largest absolute Gasteiger partial charge is 0.448 e. The fourth-order valence-electron chi connectivity index (χ4n) is 2.97. The Hall–Kier alpha value is -2.52. The molecule has 1 aliphatic rings. The third-order valence-corrected chi connectivity index (χ3v) is 4.69. The summed E-state index contributed by atoms with van der Waals surface area (Å²) in [5.74, 6) is 0.796. The Morgan fingerprint density at radius 1 is 0.885 bits per heavy atom. The molecule has 1 aliphatic carbocycles.